The van der Waals surface area contributed by atoms with E-state index in [0.717, 1.165) is 6.92 Å². The van der Waals surface area contributed by atoms with Crippen molar-refractivity contribution in [3.05, 3.63) is 11.8 Å². The first kappa shape index (κ1) is 28.3. The fraction of sp³-hybridized carbons (Fsp3) is 0.714. The molecule has 0 bridgehead atoms. The topological polar surface area (TPSA) is 282 Å². The Bertz CT molecular complexity index is 1010. The van der Waals surface area contributed by atoms with Gasteiger partial charge >= 0.3 is 26.8 Å². The molecule has 0 unspecified atom stereocenters. The molecule has 2 heterocycles. The molecule has 7 N–H and O–H groups in total. The summed E-state index contributed by atoms with van der Waals surface area (Å²) in [5.74, 6) is -3.51. The minimum absolute atomic E-state index is 0.515. The number of carboxylic acid groups (broad SMARTS) is 1. The van der Waals surface area contributed by atoms with Gasteiger partial charge < -0.3 is 40.0 Å². The molecule has 0 saturated carbocycles. The molecule has 8 atom stereocenters. The molecule has 0 aromatic carbocycles. The molecule has 0 radical (unpaired) electrons. The van der Waals surface area contributed by atoms with Crippen LogP contribution in [0, 0.1) is 0 Å². The number of carboxylic acids is 1. The Hall–Kier alpha value is -1.98. The molecule has 196 valence electrons. The summed E-state index contributed by atoms with van der Waals surface area (Å²) in [6, 6.07) is -1.67. The van der Waals surface area contributed by atoms with Crippen LogP contribution in [0.15, 0.2) is 11.8 Å². The molecular formula is C14H21NO17S2. The van der Waals surface area contributed by atoms with Crippen molar-refractivity contribution >= 4 is 32.7 Å². The summed E-state index contributed by atoms with van der Waals surface area (Å²) in [5, 5.41) is 42.2. The van der Waals surface area contributed by atoms with E-state index in [1.807, 2.05) is 0 Å². The number of ether oxygens (including phenoxy) is 3. The number of aliphatic hydroxyl groups excluding tert-OH is 3. The van der Waals surface area contributed by atoms with Crippen LogP contribution in [-0.4, -0.2) is 114 Å². The zero-order valence-electron chi connectivity index (χ0n) is 16.9. The Morgan fingerprint density at radius 1 is 1.09 bits per heavy atom. The van der Waals surface area contributed by atoms with Gasteiger partial charge in [-0.3, -0.25) is 13.9 Å². The van der Waals surface area contributed by atoms with Gasteiger partial charge in [0.15, 0.2) is 12.4 Å². The summed E-state index contributed by atoms with van der Waals surface area (Å²) in [6.45, 7) is -0.0941. The van der Waals surface area contributed by atoms with Crippen LogP contribution < -0.4 is 5.32 Å². The molecular weight excluding hydrogens is 518 g/mol. The van der Waals surface area contributed by atoms with Gasteiger partial charge in [0.1, 0.15) is 30.5 Å². The third-order valence-corrected chi connectivity index (χ3v) is 5.25. The van der Waals surface area contributed by atoms with E-state index >= 15 is 0 Å². The lowest BCUT2D eigenvalue weighted by atomic mass is 9.96. The first-order chi connectivity index (χ1) is 15.5. The van der Waals surface area contributed by atoms with Gasteiger partial charge in [-0.1, -0.05) is 0 Å². The zero-order chi connectivity index (χ0) is 26.0. The lowest BCUT2D eigenvalue weighted by molar-refractivity contribution is -0.299. The van der Waals surface area contributed by atoms with Crippen LogP contribution in [0.1, 0.15) is 6.92 Å². The second kappa shape index (κ2) is 10.7. The number of hydrogen-bond acceptors (Lipinski definition) is 14. The number of rotatable bonds is 9. The number of carbonyl (C=O) groups is 2. The zero-order valence-corrected chi connectivity index (χ0v) is 18.5. The number of hydrogen-bond donors (Lipinski definition) is 7. The lowest BCUT2D eigenvalue weighted by Crippen LogP contribution is -2.66. The van der Waals surface area contributed by atoms with Crippen LogP contribution in [-0.2, 0) is 53.0 Å². The van der Waals surface area contributed by atoms with Crippen LogP contribution in [0.2, 0.25) is 0 Å². The molecule has 34 heavy (non-hydrogen) atoms. The molecule has 2 aliphatic rings. The van der Waals surface area contributed by atoms with E-state index in [4.69, 9.17) is 28.4 Å². The standard InChI is InChI=1S/C14H21NO17S2/c1-4(16)15-8-11(9(18)7(29-13(8)21)3-28-33(22,23)24)31-14-10(32-34(25,26)27)5(17)2-6(30-14)12(19)20/h2,5,7-11,13-14,17-18,21H,3H2,1H3,(H,15,16)(H,19,20)(H,22,23,24)(H,25,26,27)/t5-,7+,8+,9-,10+,11+,13+,14-/m0/s1. The van der Waals surface area contributed by atoms with Crippen molar-refractivity contribution in [1.82, 2.24) is 5.32 Å². The van der Waals surface area contributed by atoms with Gasteiger partial charge in [-0.15, -0.1) is 0 Å². The Morgan fingerprint density at radius 3 is 2.21 bits per heavy atom. The average Bonchev–Trinajstić information content (AvgIpc) is 2.66. The van der Waals surface area contributed by atoms with Crippen LogP contribution in [0.3, 0.4) is 0 Å². The molecule has 1 fully saturated rings. The first-order valence-corrected chi connectivity index (χ1v) is 11.7. The number of aliphatic carboxylic acids is 1. The number of nitrogens with one attached hydrogen (secondary N) is 1. The van der Waals surface area contributed by atoms with Crippen LogP contribution in [0.25, 0.3) is 0 Å². The van der Waals surface area contributed by atoms with E-state index in [-0.39, 0.29) is 0 Å². The second-order valence-corrected chi connectivity index (χ2v) is 9.04. The van der Waals surface area contributed by atoms with Gasteiger partial charge in [0, 0.05) is 6.92 Å². The SMILES string of the molecule is CC(=O)N[C@@H]1[C@@H](O[C@@H]2OC(C(=O)O)=C[C@H](O)[C@H]2OS(=O)(=O)O)[C@@H](O)[C@@H](COS(=O)(=O)O)O[C@H]1O. The third-order valence-electron chi connectivity index (χ3n) is 4.35. The van der Waals surface area contributed by atoms with Crippen molar-refractivity contribution in [1.29, 1.82) is 0 Å². The van der Waals surface area contributed by atoms with E-state index in [1.165, 1.54) is 0 Å². The van der Waals surface area contributed by atoms with Gasteiger partial charge in [-0.05, 0) is 6.08 Å². The van der Waals surface area contributed by atoms with Gasteiger partial charge in [0.25, 0.3) is 0 Å². The summed E-state index contributed by atoms with van der Waals surface area (Å²) in [4.78, 5) is 22.8. The van der Waals surface area contributed by atoms with E-state index in [9.17, 15) is 41.7 Å². The van der Waals surface area contributed by atoms with E-state index in [1.54, 1.807) is 0 Å². The van der Waals surface area contributed by atoms with Gasteiger partial charge in [-0.2, -0.15) is 16.8 Å². The van der Waals surface area contributed by atoms with Crippen molar-refractivity contribution in [3.8, 4) is 0 Å². The maximum Gasteiger partial charge on any atom is 0.397 e. The number of carbonyl (C=O) groups excluding carboxylic acids is 1. The minimum Gasteiger partial charge on any atom is -0.475 e. The van der Waals surface area contributed by atoms with Crippen LogP contribution in [0.4, 0.5) is 0 Å². The van der Waals surface area contributed by atoms with E-state index < -0.39 is 94.2 Å². The fourth-order valence-electron chi connectivity index (χ4n) is 3.04. The van der Waals surface area contributed by atoms with Crippen molar-refractivity contribution in [2.45, 2.75) is 56.1 Å². The molecule has 18 nitrogen and oxygen atoms in total. The van der Waals surface area contributed by atoms with Crippen LogP contribution in [0.5, 0.6) is 0 Å². The highest BCUT2D eigenvalue weighted by atomic mass is 32.3. The summed E-state index contributed by atoms with van der Waals surface area (Å²) in [5.41, 5.74) is 0. The maximum absolute atomic E-state index is 11.5. The molecule has 1 saturated heterocycles. The quantitative estimate of drug-likeness (QED) is 0.136. The maximum atomic E-state index is 11.5. The smallest absolute Gasteiger partial charge is 0.397 e. The molecule has 0 aromatic rings. The second-order valence-electron chi connectivity index (χ2n) is 6.90. The molecule has 1 amide bonds. The Labute approximate surface area is 191 Å². The monoisotopic (exact) mass is 539 g/mol. The highest BCUT2D eigenvalue weighted by molar-refractivity contribution is 7.81. The molecule has 2 rings (SSSR count). The van der Waals surface area contributed by atoms with E-state index in [2.05, 4.69) is 13.7 Å². The molecule has 0 aliphatic carbocycles. The Balaban J connectivity index is 2.40. The highest BCUT2D eigenvalue weighted by Gasteiger charge is 2.50. The first-order valence-electron chi connectivity index (χ1n) is 9.00. The largest absolute Gasteiger partial charge is 0.475 e. The van der Waals surface area contributed by atoms with Gasteiger partial charge in [0.2, 0.25) is 18.0 Å². The van der Waals surface area contributed by atoms with Gasteiger partial charge in [0.05, 0.1) is 6.61 Å². The molecule has 20 heteroatoms. The predicted molar refractivity (Wildman–Crippen MR) is 99.9 cm³/mol. The number of aliphatic hydroxyl groups is 3. The van der Waals surface area contributed by atoms with Crippen molar-refractivity contribution in [3.63, 3.8) is 0 Å². The molecule has 0 spiro atoms. The predicted octanol–water partition coefficient (Wildman–Crippen LogP) is -4.35. The Morgan fingerprint density at radius 2 is 1.71 bits per heavy atom. The summed E-state index contributed by atoms with van der Waals surface area (Å²) in [6.07, 6.45) is -13.6. The normalized spacial score (nSPS) is 34.6. The van der Waals surface area contributed by atoms with Crippen LogP contribution >= 0.6 is 0 Å². The molecule has 2 aliphatic heterocycles. The summed E-state index contributed by atoms with van der Waals surface area (Å²) in [7, 11) is -10.3. The van der Waals surface area contributed by atoms with Crippen molar-refractivity contribution in [2.75, 3.05) is 6.61 Å². The van der Waals surface area contributed by atoms with Crippen molar-refractivity contribution in [2.24, 2.45) is 0 Å². The molecule has 0 aromatic heterocycles. The average molecular weight is 539 g/mol. The van der Waals surface area contributed by atoms with E-state index in [0.29, 0.717) is 6.08 Å². The third kappa shape index (κ3) is 7.78. The van der Waals surface area contributed by atoms with Crippen molar-refractivity contribution < 1.29 is 78.5 Å². The minimum atomic E-state index is -5.28. The highest BCUT2D eigenvalue weighted by Crippen LogP contribution is 2.30. The fourth-order valence-corrected chi connectivity index (χ4v) is 3.83. The number of amides is 1. The summed E-state index contributed by atoms with van der Waals surface area (Å²) >= 11 is 0. The lowest BCUT2D eigenvalue weighted by Gasteiger charge is -2.44. The summed E-state index contributed by atoms with van der Waals surface area (Å²) < 4.78 is 85.2. The van der Waals surface area contributed by atoms with Gasteiger partial charge in [-0.25, -0.2) is 13.2 Å². The Kier molecular flexibility index (Phi) is 8.93.